The highest BCUT2D eigenvalue weighted by atomic mass is 35.5. The molecule has 132 valence electrons. The first-order valence-electron chi connectivity index (χ1n) is 7.55. The number of rotatable bonds is 6. The van der Waals surface area contributed by atoms with E-state index in [9.17, 15) is 9.59 Å². The van der Waals surface area contributed by atoms with Crippen molar-refractivity contribution in [3.8, 4) is 0 Å². The molecule has 0 aliphatic rings. The van der Waals surface area contributed by atoms with E-state index in [1.54, 1.807) is 13.0 Å². The molecule has 2 aromatic rings. The summed E-state index contributed by atoms with van der Waals surface area (Å²) in [5.74, 6) is -0.449. The molecule has 0 bridgehead atoms. The molecule has 0 aliphatic heterocycles. The number of benzene rings is 2. The topological polar surface area (TPSA) is 64.6 Å². The number of amides is 1. The summed E-state index contributed by atoms with van der Waals surface area (Å²) in [7, 11) is 0. The Labute approximate surface area is 155 Å². The smallest absolute Gasteiger partial charge is 0.411 e. The number of hydrogen-bond acceptors (Lipinski definition) is 4. The summed E-state index contributed by atoms with van der Waals surface area (Å²) < 4.78 is 10.3. The highest BCUT2D eigenvalue weighted by molar-refractivity contribution is 6.35. The van der Waals surface area contributed by atoms with Crippen LogP contribution in [0.15, 0.2) is 48.5 Å². The first-order valence-corrected chi connectivity index (χ1v) is 8.31. The summed E-state index contributed by atoms with van der Waals surface area (Å²) >= 11 is 11.7. The lowest BCUT2D eigenvalue weighted by Crippen LogP contribution is -2.23. The molecule has 0 spiro atoms. The molecule has 0 fully saturated rings. The molecule has 0 heterocycles. The van der Waals surface area contributed by atoms with Gasteiger partial charge in [-0.05, 0) is 30.7 Å². The molecule has 0 aromatic heterocycles. The Morgan fingerprint density at radius 1 is 1.08 bits per heavy atom. The molecule has 1 atom stereocenters. The minimum atomic E-state index is -0.707. The molecule has 1 N–H and O–H groups in total. The second-order valence-electron chi connectivity index (χ2n) is 5.35. The van der Waals surface area contributed by atoms with Crippen molar-refractivity contribution in [2.45, 2.75) is 26.1 Å². The molecule has 0 saturated heterocycles. The van der Waals surface area contributed by atoms with Crippen molar-refractivity contribution in [3.05, 3.63) is 64.1 Å². The third-order valence-corrected chi connectivity index (χ3v) is 3.55. The Morgan fingerprint density at radius 3 is 2.36 bits per heavy atom. The van der Waals surface area contributed by atoms with Gasteiger partial charge in [-0.3, -0.25) is 10.1 Å². The van der Waals surface area contributed by atoms with E-state index in [0.717, 1.165) is 5.56 Å². The van der Waals surface area contributed by atoms with Crippen molar-refractivity contribution >= 4 is 41.0 Å². The van der Waals surface area contributed by atoms with Crippen LogP contribution < -0.4 is 5.32 Å². The Bertz CT molecular complexity index is 717. The molecule has 0 unspecified atom stereocenters. The summed E-state index contributed by atoms with van der Waals surface area (Å²) in [6.07, 6.45) is -1.39. The second-order valence-corrected chi connectivity index (χ2v) is 6.22. The maximum Gasteiger partial charge on any atom is 0.411 e. The molecule has 5 nitrogen and oxygen atoms in total. The Hall–Kier alpha value is -2.24. The zero-order valence-electron chi connectivity index (χ0n) is 13.5. The van der Waals surface area contributed by atoms with Gasteiger partial charge in [-0.2, -0.15) is 0 Å². The van der Waals surface area contributed by atoms with Gasteiger partial charge in [-0.1, -0.05) is 53.5 Å². The van der Waals surface area contributed by atoms with E-state index in [-0.39, 0.29) is 13.0 Å². The molecule has 0 radical (unpaired) electrons. The van der Waals surface area contributed by atoms with E-state index in [2.05, 4.69) is 5.32 Å². The lowest BCUT2D eigenvalue weighted by atomic mass is 10.2. The van der Waals surface area contributed by atoms with Gasteiger partial charge < -0.3 is 9.47 Å². The quantitative estimate of drug-likeness (QED) is 0.709. The lowest BCUT2D eigenvalue weighted by molar-refractivity contribution is -0.146. The van der Waals surface area contributed by atoms with Crippen LogP contribution in [0, 0.1) is 0 Å². The number of carbonyl (C=O) groups is 2. The minimum Gasteiger partial charge on any atom is -0.461 e. The normalized spacial score (nSPS) is 11.5. The van der Waals surface area contributed by atoms with E-state index >= 15 is 0 Å². The largest absolute Gasteiger partial charge is 0.461 e. The fraction of sp³-hybridized carbons (Fsp3) is 0.222. The fourth-order valence-corrected chi connectivity index (χ4v) is 2.56. The van der Waals surface area contributed by atoms with Crippen molar-refractivity contribution in [1.82, 2.24) is 0 Å². The number of ether oxygens (including phenoxy) is 2. The molecule has 7 heteroatoms. The van der Waals surface area contributed by atoms with Gasteiger partial charge in [-0.15, -0.1) is 0 Å². The molecule has 1 amide bonds. The average molecular weight is 382 g/mol. The summed E-state index contributed by atoms with van der Waals surface area (Å²) in [5.41, 5.74) is 1.29. The van der Waals surface area contributed by atoms with E-state index in [4.69, 9.17) is 32.7 Å². The van der Waals surface area contributed by atoms with Crippen LogP contribution in [-0.2, 0) is 20.9 Å². The SMILES string of the molecule is C[C@@H](CC(=O)OCc1ccccc1)OC(=O)Nc1cc(Cl)cc(Cl)c1. The molecule has 25 heavy (non-hydrogen) atoms. The maximum atomic E-state index is 11.8. The van der Waals surface area contributed by atoms with Gasteiger partial charge in [0.25, 0.3) is 0 Å². The summed E-state index contributed by atoms with van der Waals surface area (Å²) in [6.45, 7) is 1.79. The maximum absolute atomic E-state index is 11.8. The number of hydrogen-bond donors (Lipinski definition) is 1. The number of esters is 1. The third-order valence-electron chi connectivity index (χ3n) is 3.11. The molecule has 2 aromatic carbocycles. The van der Waals surface area contributed by atoms with E-state index < -0.39 is 18.2 Å². The molecular weight excluding hydrogens is 365 g/mol. The van der Waals surface area contributed by atoms with Gasteiger partial charge in [0.15, 0.2) is 0 Å². The summed E-state index contributed by atoms with van der Waals surface area (Å²) in [5, 5.41) is 3.28. The molecule has 0 saturated carbocycles. The molecular formula is C18H17Cl2NO4. The highest BCUT2D eigenvalue weighted by Gasteiger charge is 2.15. The predicted molar refractivity (Wildman–Crippen MR) is 96.9 cm³/mol. The van der Waals surface area contributed by atoms with Crippen molar-refractivity contribution in [2.75, 3.05) is 5.32 Å². The van der Waals surface area contributed by atoms with Crippen molar-refractivity contribution in [3.63, 3.8) is 0 Å². The zero-order chi connectivity index (χ0) is 18.2. The Balaban J connectivity index is 1.75. The van der Waals surface area contributed by atoms with Crippen LogP contribution in [0.25, 0.3) is 0 Å². The first-order chi connectivity index (χ1) is 11.9. The Morgan fingerprint density at radius 2 is 1.72 bits per heavy atom. The summed E-state index contributed by atoms with van der Waals surface area (Å²) in [6, 6.07) is 13.9. The molecule has 2 rings (SSSR count). The van der Waals surface area contributed by atoms with E-state index in [1.807, 2.05) is 30.3 Å². The highest BCUT2D eigenvalue weighted by Crippen LogP contribution is 2.22. The first kappa shape index (κ1) is 19.1. The third kappa shape index (κ3) is 7.03. The second kappa shape index (κ2) is 9.30. The van der Waals surface area contributed by atoms with E-state index in [0.29, 0.717) is 15.7 Å². The van der Waals surface area contributed by atoms with Gasteiger partial charge >= 0.3 is 12.1 Å². The zero-order valence-corrected chi connectivity index (χ0v) is 15.0. The van der Waals surface area contributed by atoms with Crippen LogP contribution in [0.2, 0.25) is 10.0 Å². The van der Waals surface area contributed by atoms with Crippen molar-refractivity contribution in [2.24, 2.45) is 0 Å². The fourth-order valence-electron chi connectivity index (χ4n) is 2.03. The van der Waals surface area contributed by atoms with Gasteiger partial charge in [0, 0.05) is 15.7 Å². The van der Waals surface area contributed by atoms with E-state index in [1.165, 1.54) is 12.1 Å². The minimum absolute atomic E-state index is 0.0451. The van der Waals surface area contributed by atoms with Crippen LogP contribution in [0.4, 0.5) is 10.5 Å². The number of halogens is 2. The van der Waals surface area contributed by atoms with Crippen LogP contribution in [0.3, 0.4) is 0 Å². The number of carbonyl (C=O) groups excluding carboxylic acids is 2. The van der Waals surface area contributed by atoms with Crippen molar-refractivity contribution < 1.29 is 19.1 Å². The standard InChI is InChI=1S/C18H17Cl2NO4/c1-12(7-17(22)24-11-13-5-3-2-4-6-13)25-18(23)21-16-9-14(19)8-15(20)10-16/h2-6,8-10,12H,7,11H2,1H3,(H,21,23)/t12-/m0/s1. The van der Waals surface area contributed by atoms with Crippen molar-refractivity contribution in [1.29, 1.82) is 0 Å². The van der Waals surface area contributed by atoms with Crippen LogP contribution >= 0.6 is 23.2 Å². The van der Waals surface area contributed by atoms with Crippen LogP contribution in [-0.4, -0.2) is 18.2 Å². The lowest BCUT2D eigenvalue weighted by Gasteiger charge is -2.14. The van der Waals surface area contributed by atoms with Gasteiger partial charge in [-0.25, -0.2) is 4.79 Å². The summed E-state index contributed by atoms with van der Waals surface area (Å²) in [4.78, 5) is 23.6. The van der Waals surface area contributed by atoms with Gasteiger partial charge in [0.2, 0.25) is 0 Å². The predicted octanol–water partition coefficient (Wildman–Crippen LogP) is 5.06. The number of anilines is 1. The van der Waals surface area contributed by atoms with Gasteiger partial charge in [0.1, 0.15) is 12.7 Å². The van der Waals surface area contributed by atoms with Crippen LogP contribution in [0.1, 0.15) is 18.9 Å². The van der Waals surface area contributed by atoms with Crippen LogP contribution in [0.5, 0.6) is 0 Å². The monoisotopic (exact) mass is 381 g/mol. The van der Waals surface area contributed by atoms with Gasteiger partial charge in [0.05, 0.1) is 6.42 Å². The average Bonchev–Trinajstić information content (AvgIpc) is 2.52. The molecule has 0 aliphatic carbocycles. The Kier molecular flexibility index (Phi) is 7.10. The number of nitrogens with one attached hydrogen (secondary N) is 1.